The summed E-state index contributed by atoms with van der Waals surface area (Å²) in [5.74, 6) is -2.28. The molecule has 0 aliphatic carbocycles. The van der Waals surface area contributed by atoms with Gasteiger partial charge < -0.3 is 10.1 Å². The molecule has 0 aromatic heterocycles. The molecule has 0 fully saturated rings. The maximum absolute atomic E-state index is 13.3. The molecule has 0 bridgehead atoms. The fourth-order valence-electron chi connectivity index (χ4n) is 1.38. The Bertz CT molecular complexity index is 415. The van der Waals surface area contributed by atoms with Crippen LogP contribution in [0.2, 0.25) is 0 Å². The van der Waals surface area contributed by atoms with E-state index in [1.165, 1.54) is 12.1 Å². The van der Waals surface area contributed by atoms with E-state index in [9.17, 15) is 13.6 Å². The minimum atomic E-state index is -0.972. The lowest BCUT2D eigenvalue weighted by atomic mass is 10.1. The van der Waals surface area contributed by atoms with Crippen LogP contribution in [-0.2, 0) is 16.0 Å². The van der Waals surface area contributed by atoms with Crippen LogP contribution in [0, 0.1) is 11.6 Å². The van der Waals surface area contributed by atoms with E-state index in [0.29, 0.717) is 13.2 Å². The van der Waals surface area contributed by atoms with E-state index < -0.39 is 11.6 Å². The van der Waals surface area contributed by atoms with Crippen molar-refractivity contribution in [3.63, 3.8) is 0 Å². The first kappa shape index (κ1) is 15.0. The van der Waals surface area contributed by atoms with Crippen molar-refractivity contribution in [2.24, 2.45) is 0 Å². The standard InChI is InChI=1S/C12H14BrF2NO2/c1-18-7-9(13)6-16-11(17)5-8-3-2-4-10(14)12(8)15/h2-4,9H,5-7H2,1H3,(H,16,17). The smallest absolute Gasteiger partial charge is 0.224 e. The number of hydrogen-bond acceptors (Lipinski definition) is 2. The first-order valence-corrected chi connectivity index (χ1v) is 6.28. The highest BCUT2D eigenvalue weighted by Crippen LogP contribution is 2.11. The summed E-state index contributed by atoms with van der Waals surface area (Å²) in [6.45, 7) is 0.818. The Morgan fingerprint density at radius 2 is 2.22 bits per heavy atom. The lowest BCUT2D eigenvalue weighted by Crippen LogP contribution is -2.32. The Morgan fingerprint density at radius 1 is 1.50 bits per heavy atom. The van der Waals surface area contributed by atoms with E-state index in [4.69, 9.17) is 4.74 Å². The molecule has 0 heterocycles. The van der Waals surface area contributed by atoms with Gasteiger partial charge in [-0.15, -0.1) is 0 Å². The second-order valence-corrected chi connectivity index (χ2v) is 5.04. The number of rotatable bonds is 6. The van der Waals surface area contributed by atoms with Crippen molar-refractivity contribution in [3.05, 3.63) is 35.4 Å². The molecule has 100 valence electrons. The molecule has 1 aromatic carbocycles. The zero-order chi connectivity index (χ0) is 13.5. The summed E-state index contributed by atoms with van der Waals surface area (Å²) < 4.78 is 31.1. The molecule has 18 heavy (non-hydrogen) atoms. The first-order valence-electron chi connectivity index (χ1n) is 5.37. The molecule has 0 aliphatic rings. The van der Waals surface area contributed by atoms with Crippen LogP contribution in [-0.4, -0.2) is 31.0 Å². The Morgan fingerprint density at radius 3 is 2.89 bits per heavy atom. The molecule has 0 radical (unpaired) electrons. The minimum Gasteiger partial charge on any atom is -0.383 e. The number of alkyl halides is 1. The Hall–Kier alpha value is -1.01. The summed E-state index contributed by atoms with van der Waals surface area (Å²) in [5, 5.41) is 2.61. The average Bonchev–Trinajstić information content (AvgIpc) is 2.33. The Kier molecular flexibility index (Phi) is 6.21. The quantitative estimate of drug-likeness (QED) is 0.814. The van der Waals surface area contributed by atoms with Gasteiger partial charge in [0, 0.05) is 19.2 Å². The van der Waals surface area contributed by atoms with Crippen LogP contribution in [0.25, 0.3) is 0 Å². The molecule has 1 unspecified atom stereocenters. The second-order valence-electron chi connectivity index (χ2n) is 3.75. The number of methoxy groups -OCH3 is 1. The molecule has 3 nitrogen and oxygen atoms in total. The van der Waals surface area contributed by atoms with E-state index in [2.05, 4.69) is 21.2 Å². The SMILES string of the molecule is COCC(Br)CNC(=O)Cc1cccc(F)c1F. The highest BCUT2D eigenvalue weighted by Gasteiger charge is 2.12. The molecule has 0 spiro atoms. The van der Waals surface area contributed by atoms with Gasteiger partial charge in [-0.2, -0.15) is 0 Å². The third-order valence-corrected chi connectivity index (χ3v) is 2.84. The molecular weight excluding hydrogens is 308 g/mol. The van der Waals surface area contributed by atoms with E-state index in [1.54, 1.807) is 7.11 Å². The van der Waals surface area contributed by atoms with Gasteiger partial charge in [-0.25, -0.2) is 8.78 Å². The van der Waals surface area contributed by atoms with Gasteiger partial charge in [0.05, 0.1) is 17.9 Å². The van der Waals surface area contributed by atoms with Crippen molar-refractivity contribution in [2.75, 3.05) is 20.3 Å². The zero-order valence-electron chi connectivity index (χ0n) is 9.88. The molecular formula is C12H14BrF2NO2. The number of benzene rings is 1. The summed E-state index contributed by atoms with van der Waals surface area (Å²) >= 11 is 3.30. The van der Waals surface area contributed by atoms with Gasteiger partial charge in [0.1, 0.15) is 0 Å². The van der Waals surface area contributed by atoms with Crippen molar-refractivity contribution in [1.82, 2.24) is 5.32 Å². The highest BCUT2D eigenvalue weighted by molar-refractivity contribution is 9.09. The van der Waals surface area contributed by atoms with Gasteiger partial charge in [-0.05, 0) is 6.07 Å². The van der Waals surface area contributed by atoms with Gasteiger partial charge in [0.25, 0.3) is 0 Å². The average molecular weight is 322 g/mol. The van der Waals surface area contributed by atoms with Crippen LogP contribution in [0.3, 0.4) is 0 Å². The maximum atomic E-state index is 13.3. The minimum absolute atomic E-state index is 0.0104. The summed E-state index contributed by atoms with van der Waals surface area (Å²) in [7, 11) is 1.55. The van der Waals surface area contributed by atoms with E-state index in [-0.39, 0.29) is 22.7 Å². The predicted octanol–water partition coefficient (Wildman–Crippen LogP) is 2.03. The number of hydrogen-bond donors (Lipinski definition) is 1. The van der Waals surface area contributed by atoms with Gasteiger partial charge in [-0.1, -0.05) is 28.1 Å². The molecule has 1 amide bonds. The van der Waals surface area contributed by atoms with Crippen LogP contribution in [0.1, 0.15) is 5.56 Å². The van der Waals surface area contributed by atoms with Crippen LogP contribution < -0.4 is 5.32 Å². The number of carbonyl (C=O) groups is 1. The zero-order valence-corrected chi connectivity index (χ0v) is 11.5. The molecule has 1 N–H and O–H groups in total. The van der Waals surface area contributed by atoms with Crippen LogP contribution in [0.5, 0.6) is 0 Å². The van der Waals surface area contributed by atoms with Crippen molar-refractivity contribution < 1.29 is 18.3 Å². The molecule has 0 saturated carbocycles. The maximum Gasteiger partial charge on any atom is 0.224 e. The van der Waals surface area contributed by atoms with E-state index in [1.807, 2.05) is 0 Å². The summed E-state index contributed by atoms with van der Waals surface area (Å²) in [6, 6.07) is 3.78. The number of halogens is 3. The van der Waals surface area contributed by atoms with Crippen LogP contribution in [0.4, 0.5) is 8.78 Å². The van der Waals surface area contributed by atoms with Crippen molar-refractivity contribution in [3.8, 4) is 0 Å². The molecule has 1 atom stereocenters. The monoisotopic (exact) mass is 321 g/mol. The molecule has 6 heteroatoms. The Labute approximate surface area is 113 Å². The lowest BCUT2D eigenvalue weighted by molar-refractivity contribution is -0.120. The molecule has 0 aliphatic heterocycles. The van der Waals surface area contributed by atoms with Crippen molar-refractivity contribution >= 4 is 21.8 Å². The van der Waals surface area contributed by atoms with E-state index in [0.717, 1.165) is 6.07 Å². The third kappa shape index (κ3) is 4.70. The molecule has 1 aromatic rings. The largest absolute Gasteiger partial charge is 0.383 e. The topological polar surface area (TPSA) is 38.3 Å². The van der Waals surface area contributed by atoms with Gasteiger partial charge in [-0.3, -0.25) is 4.79 Å². The lowest BCUT2D eigenvalue weighted by Gasteiger charge is -2.10. The highest BCUT2D eigenvalue weighted by atomic mass is 79.9. The van der Waals surface area contributed by atoms with Gasteiger partial charge in [0.2, 0.25) is 5.91 Å². The fourth-order valence-corrected chi connectivity index (χ4v) is 1.81. The van der Waals surface area contributed by atoms with Crippen molar-refractivity contribution in [1.29, 1.82) is 0 Å². The summed E-state index contributed by atoms with van der Waals surface area (Å²) in [5.41, 5.74) is 0.0466. The van der Waals surface area contributed by atoms with Crippen LogP contribution >= 0.6 is 15.9 Å². The molecule has 1 rings (SSSR count). The predicted molar refractivity (Wildman–Crippen MR) is 67.7 cm³/mol. The van der Waals surface area contributed by atoms with Crippen molar-refractivity contribution in [2.45, 2.75) is 11.2 Å². The third-order valence-electron chi connectivity index (χ3n) is 2.25. The number of amides is 1. The summed E-state index contributed by atoms with van der Waals surface area (Å²) in [6.07, 6.45) is -0.184. The first-order chi connectivity index (χ1) is 8.54. The number of nitrogens with one attached hydrogen (secondary N) is 1. The normalized spacial score (nSPS) is 12.2. The Balaban J connectivity index is 2.47. The van der Waals surface area contributed by atoms with E-state index >= 15 is 0 Å². The number of ether oxygens (including phenoxy) is 1. The molecule has 0 saturated heterocycles. The number of carbonyl (C=O) groups excluding carboxylic acids is 1. The van der Waals surface area contributed by atoms with Gasteiger partial charge in [0.15, 0.2) is 11.6 Å². The van der Waals surface area contributed by atoms with Crippen LogP contribution in [0.15, 0.2) is 18.2 Å². The second kappa shape index (κ2) is 7.43. The fraction of sp³-hybridized carbons (Fsp3) is 0.417. The summed E-state index contributed by atoms with van der Waals surface area (Å²) in [4.78, 5) is 11.5. The van der Waals surface area contributed by atoms with Gasteiger partial charge >= 0.3 is 0 Å².